The Bertz CT molecular complexity index is 317. The summed E-state index contributed by atoms with van der Waals surface area (Å²) < 4.78 is 0. The number of aromatic nitrogens is 1. The Hall–Kier alpha value is -0.970. The van der Waals surface area contributed by atoms with Gasteiger partial charge in [0, 0.05) is 44.1 Å². The molecule has 1 aromatic heterocycles. The van der Waals surface area contributed by atoms with Crippen LogP contribution in [0.3, 0.4) is 0 Å². The predicted molar refractivity (Wildman–Crippen MR) is 63.0 cm³/mol. The second-order valence-electron chi connectivity index (χ2n) is 4.42. The van der Waals surface area contributed by atoms with Gasteiger partial charge >= 0.3 is 0 Å². The van der Waals surface area contributed by atoms with Crippen LogP contribution in [-0.2, 0) is 6.54 Å². The highest BCUT2D eigenvalue weighted by Crippen LogP contribution is 2.11. The molecule has 2 unspecified atom stereocenters. The lowest BCUT2D eigenvalue weighted by molar-refractivity contribution is 0.103. The molecule has 1 saturated heterocycles. The molecule has 0 radical (unpaired) electrons. The molecule has 0 bridgehead atoms. The predicted octanol–water partition coefficient (Wildman–Crippen LogP) is 0.236. The molecule has 0 saturated carbocycles. The van der Waals surface area contributed by atoms with Gasteiger partial charge in [-0.05, 0) is 24.6 Å². The van der Waals surface area contributed by atoms with E-state index in [1.807, 2.05) is 24.5 Å². The van der Waals surface area contributed by atoms with Crippen molar-refractivity contribution in [2.75, 3.05) is 19.7 Å². The standard InChI is InChI=1S/C12H19N3O/c1-10-6-14-12(9-16)8-15(10)7-11-2-4-13-5-3-11/h2-5,10,12,14,16H,6-9H2,1H3. The van der Waals surface area contributed by atoms with E-state index >= 15 is 0 Å². The van der Waals surface area contributed by atoms with Gasteiger partial charge in [-0.1, -0.05) is 0 Å². The molecule has 0 spiro atoms. The minimum Gasteiger partial charge on any atom is -0.395 e. The molecule has 88 valence electrons. The van der Waals surface area contributed by atoms with Crippen molar-refractivity contribution in [2.45, 2.75) is 25.6 Å². The molecule has 0 aliphatic carbocycles. The number of aliphatic hydroxyl groups excluding tert-OH is 1. The fourth-order valence-electron chi connectivity index (χ4n) is 2.06. The number of aliphatic hydroxyl groups is 1. The van der Waals surface area contributed by atoms with Gasteiger partial charge in [-0.25, -0.2) is 0 Å². The van der Waals surface area contributed by atoms with E-state index < -0.39 is 0 Å². The third kappa shape index (κ3) is 2.78. The van der Waals surface area contributed by atoms with Gasteiger partial charge in [-0.3, -0.25) is 9.88 Å². The third-order valence-electron chi connectivity index (χ3n) is 3.14. The summed E-state index contributed by atoms with van der Waals surface area (Å²) in [6, 6.07) is 4.81. The van der Waals surface area contributed by atoms with Gasteiger partial charge in [-0.15, -0.1) is 0 Å². The molecule has 16 heavy (non-hydrogen) atoms. The Morgan fingerprint density at radius 1 is 1.50 bits per heavy atom. The molecule has 2 atom stereocenters. The van der Waals surface area contributed by atoms with Crippen LogP contribution in [0.2, 0.25) is 0 Å². The highest BCUT2D eigenvalue weighted by molar-refractivity contribution is 5.10. The number of rotatable bonds is 3. The molecular formula is C12H19N3O. The Labute approximate surface area is 96.3 Å². The highest BCUT2D eigenvalue weighted by atomic mass is 16.3. The maximum absolute atomic E-state index is 9.16. The Morgan fingerprint density at radius 3 is 2.94 bits per heavy atom. The van der Waals surface area contributed by atoms with E-state index in [0.29, 0.717) is 6.04 Å². The van der Waals surface area contributed by atoms with Gasteiger partial charge in [-0.2, -0.15) is 0 Å². The summed E-state index contributed by atoms with van der Waals surface area (Å²) >= 11 is 0. The van der Waals surface area contributed by atoms with Crippen molar-refractivity contribution in [3.63, 3.8) is 0 Å². The quantitative estimate of drug-likeness (QED) is 0.767. The lowest BCUT2D eigenvalue weighted by Crippen LogP contribution is -2.56. The summed E-state index contributed by atoms with van der Waals surface area (Å²) in [6.07, 6.45) is 3.65. The van der Waals surface area contributed by atoms with Crippen LogP contribution in [0.4, 0.5) is 0 Å². The molecule has 0 aromatic carbocycles. The normalized spacial score (nSPS) is 26.9. The zero-order chi connectivity index (χ0) is 11.4. The van der Waals surface area contributed by atoms with Crippen molar-refractivity contribution in [1.29, 1.82) is 0 Å². The Morgan fingerprint density at radius 2 is 2.25 bits per heavy atom. The summed E-state index contributed by atoms with van der Waals surface area (Å²) in [5.41, 5.74) is 1.28. The average Bonchev–Trinajstić information content (AvgIpc) is 2.33. The fraction of sp³-hybridized carbons (Fsp3) is 0.583. The van der Waals surface area contributed by atoms with Gasteiger partial charge in [0.1, 0.15) is 0 Å². The molecule has 1 fully saturated rings. The first-order chi connectivity index (χ1) is 7.79. The molecule has 4 heteroatoms. The Balaban J connectivity index is 1.97. The number of nitrogens with one attached hydrogen (secondary N) is 1. The van der Waals surface area contributed by atoms with Crippen LogP contribution in [0.15, 0.2) is 24.5 Å². The fourth-order valence-corrected chi connectivity index (χ4v) is 2.06. The van der Waals surface area contributed by atoms with Crippen LogP contribution in [0.5, 0.6) is 0 Å². The third-order valence-corrected chi connectivity index (χ3v) is 3.14. The van der Waals surface area contributed by atoms with E-state index in [1.165, 1.54) is 5.56 Å². The molecule has 1 aromatic rings. The first-order valence-electron chi connectivity index (χ1n) is 5.77. The number of hydrogen-bond donors (Lipinski definition) is 2. The van der Waals surface area contributed by atoms with Crippen molar-refractivity contribution >= 4 is 0 Å². The molecule has 1 aliphatic heterocycles. The SMILES string of the molecule is CC1CNC(CO)CN1Cc1ccncc1. The maximum Gasteiger partial charge on any atom is 0.0597 e. The van der Waals surface area contributed by atoms with Crippen LogP contribution >= 0.6 is 0 Å². The smallest absolute Gasteiger partial charge is 0.0597 e. The number of hydrogen-bond acceptors (Lipinski definition) is 4. The van der Waals surface area contributed by atoms with Crippen molar-refractivity contribution in [3.05, 3.63) is 30.1 Å². The monoisotopic (exact) mass is 221 g/mol. The number of nitrogens with zero attached hydrogens (tertiary/aromatic N) is 2. The molecule has 1 aliphatic rings. The topological polar surface area (TPSA) is 48.4 Å². The van der Waals surface area contributed by atoms with E-state index in [1.54, 1.807) is 0 Å². The zero-order valence-corrected chi connectivity index (χ0v) is 9.63. The summed E-state index contributed by atoms with van der Waals surface area (Å²) in [5, 5.41) is 12.5. The molecule has 0 amide bonds. The summed E-state index contributed by atoms with van der Waals surface area (Å²) in [6.45, 7) is 5.19. The average molecular weight is 221 g/mol. The van der Waals surface area contributed by atoms with Crippen LogP contribution < -0.4 is 5.32 Å². The van der Waals surface area contributed by atoms with E-state index in [9.17, 15) is 0 Å². The van der Waals surface area contributed by atoms with Gasteiger partial charge in [0.25, 0.3) is 0 Å². The Kier molecular flexibility index (Phi) is 3.88. The van der Waals surface area contributed by atoms with E-state index in [-0.39, 0.29) is 12.6 Å². The van der Waals surface area contributed by atoms with Gasteiger partial charge in [0.2, 0.25) is 0 Å². The lowest BCUT2D eigenvalue weighted by Gasteiger charge is -2.38. The van der Waals surface area contributed by atoms with E-state index in [0.717, 1.165) is 19.6 Å². The first kappa shape index (κ1) is 11.5. The van der Waals surface area contributed by atoms with Gasteiger partial charge in [0.05, 0.1) is 6.61 Å². The van der Waals surface area contributed by atoms with Crippen molar-refractivity contribution in [1.82, 2.24) is 15.2 Å². The first-order valence-corrected chi connectivity index (χ1v) is 5.77. The maximum atomic E-state index is 9.16. The number of piperazine rings is 1. The number of pyridine rings is 1. The van der Waals surface area contributed by atoms with E-state index in [4.69, 9.17) is 5.11 Å². The minimum absolute atomic E-state index is 0.207. The second-order valence-corrected chi connectivity index (χ2v) is 4.42. The molecular weight excluding hydrogens is 202 g/mol. The lowest BCUT2D eigenvalue weighted by atomic mass is 10.1. The summed E-state index contributed by atoms with van der Waals surface area (Å²) in [7, 11) is 0. The largest absolute Gasteiger partial charge is 0.395 e. The van der Waals surface area contributed by atoms with E-state index in [2.05, 4.69) is 22.1 Å². The van der Waals surface area contributed by atoms with Crippen molar-refractivity contribution < 1.29 is 5.11 Å². The molecule has 2 N–H and O–H groups in total. The second kappa shape index (κ2) is 5.39. The summed E-state index contributed by atoms with van der Waals surface area (Å²) in [5.74, 6) is 0. The molecule has 2 heterocycles. The molecule has 2 rings (SSSR count). The summed E-state index contributed by atoms with van der Waals surface area (Å²) in [4.78, 5) is 6.41. The minimum atomic E-state index is 0.207. The van der Waals surface area contributed by atoms with Crippen LogP contribution in [0.1, 0.15) is 12.5 Å². The van der Waals surface area contributed by atoms with Crippen LogP contribution in [-0.4, -0.2) is 46.8 Å². The van der Waals surface area contributed by atoms with Crippen LogP contribution in [0, 0.1) is 0 Å². The zero-order valence-electron chi connectivity index (χ0n) is 9.63. The van der Waals surface area contributed by atoms with Crippen LogP contribution in [0.25, 0.3) is 0 Å². The highest BCUT2D eigenvalue weighted by Gasteiger charge is 2.24. The van der Waals surface area contributed by atoms with Gasteiger partial charge < -0.3 is 10.4 Å². The molecule has 4 nitrogen and oxygen atoms in total. The van der Waals surface area contributed by atoms with Gasteiger partial charge in [0.15, 0.2) is 0 Å². The van der Waals surface area contributed by atoms with Crippen molar-refractivity contribution in [2.24, 2.45) is 0 Å². The van der Waals surface area contributed by atoms with Crippen molar-refractivity contribution in [3.8, 4) is 0 Å².